The first-order valence-corrected chi connectivity index (χ1v) is 13.4. The van der Waals surface area contributed by atoms with Crippen LogP contribution in [0.3, 0.4) is 0 Å². The van der Waals surface area contributed by atoms with E-state index in [1.54, 1.807) is 35.6 Å². The molecule has 0 unspecified atom stereocenters. The lowest BCUT2D eigenvalue weighted by atomic mass is 9.83. The molecule has 2 aliphatic rings. The normalized spacial score (nSPS) is 17.7. The maximum atomic E-state index is 13.5. The van der Waals surface area contributed by atoms with E-state index in [0.717, 1.165) is 49.0 Å². The smallest absolute Gasteiger partial charge is 0.264 e. The Morgan fingerprint density at radius 2 is 1.75 bits per heavy atom. The predicted molar refractivity (Wildman–Crippen MR) is 129 cm³/mol. The van der Waals surface area contributed by atoms with E-state index in [1.165, 1.54) is 4.31 Å². The fourth-order valence-electron chi connectivity index (χ4n) is 4.95. The number of nitrogens with zero attached hydrogens (tertiary/aromatic N) is 1. The molecule has 1 N–H and O–H groups in total. The van der Waals surface area contributed by atoms with Crippen molar-refractivity contribution < 1.29 is 13.2 Å². The van der Waals surface area contributed by atoms with Gasteiger partial charge in [-0.2, -0.15) is 0 Å². The Kier molecular flexibility index (Phi) is 5.55. The minimum Gasteiger partial charge on any atom is -0.325 e. The van der Waals surface area contributed by atoms with Crippen molar-refractivity contribution in [1.29, 1.82) is 0 Å². The van der Waals surface area contributed by atoms with Gasteiger partial charge in [-0.05, 0) is 67.0 Å². The molecule has 0 saturated heterocycles. The van der Waals surface area contributed by atoms with Gasteiger partial charge in [0.15, 0.2) is 0 Å². The second-order valence-electron chi connectivity index (χ2n) is 8.56. The van der Waals surface area contributed by atoms with E-state index in [2.05, 4.69) is 11.4 Å². The molecule has 0 bridgehead atoms. The van der Waals surface area contributed by atoms with Crippen molar-refractivity contribution in [3.63, 3.8) is 0 Å². The van der Waals surface area contributed by atoms with Crippen LogP contribution in [0.1, 0.15) is 42.5 Å². The lowest BCUT2D eigenvalue weighted by molar-refractivity contribution is -0.121. The molecule has 0 spiro atoms. The van der Waals surface area contributed by atoms with Gasteiger partial charge in [-0.1, -0.05) is 43.2 Å². The molecule has 1 fully saturated rings. The zero-order valence-corrected chi connectivity index (χ0v) is 19.4. The molecule has 1 aliphatic carbocycles. The molecule has 2 heterocycles. The molecule has 1 aliphatic heterocycles. The summed E-state index contributed by atoms with van der Waals surface area (Å²) in [5.41, 5.74) is 1.81. The van der Waals surface area contributed by atoms with Gasteiger partial charge in [0.25, 0.3) is 10.0 Å². The summed E-state index contributed by atoms with van der Waals surface area (Å²) in [6.07, 6.45) is 5.37. The molecule has 5 rings (SSSR count). The molecule has 3 aromatic rings. The average molecular weight is 467 g/mol. The number of fused-ring (bicyclic) bond motifs is 1. The monoisotopic (exact) mass is 466 g/mol. The van der Waals surface area contributed by atoms with E-state index in [4.69, 9.17) is 0 Å². The van der Waals surface area contributed by atoms with Gasteiger partial charge >= 0.3 is 0 Å². The van der Waals surface area contributed by atoms with E-state index >= 15 is 0 Å². The first-order valence-electron chi connectivity index (χ1n) is 11.1. The number of anilines is 2. The lowest BCUT2D eigenvalue weighted by Gasteiger charge is -2.31. The number of aryl methyl sites for hydroxylation is 1. The Morgan fingerprint density at radius 1 is 0.969 bits per heavy atom. The second-order valence-corrected chi connectivity index (χ2v) is 11.4. The number of carbonyl (C=O) groups is 1. The highest BCUT2D eigenvalue weighted by Gasteiger charge is 2.43. The summed E-state index contributed by atoms with van der Waals surface area (Å²) in [6, 6.07) is 18.2. The van der Waals surface area contributed by atoms with Crippen LogP contribution in [0.15, 0.2) is 70.9 Å². The quantitative estimate of drug-likeness (QED) is 0.552. The van der Waals surface area contributed by atoms with Crippen LogP contribution in [-0.2, 0) is 26.7 Å². The fourth-order valence-corrected chi connectivity index (χ4v) is 7.49. The topological polar surface area (TPSA) is 66.5 Å². The Hall–Kier alpha value is -2.64. The number of carbonyl (C=O) groups excluding carboxylic acids is 1. The first-order chi connectivity index (χ1) is 15.5. The number of thiophene rings is 1. The molecular formula is C25H26N2O3S2. The van der Waals surface area contributed by atoms with E-state index < -0.39 is 15.4 Å². The highest BCUT2D eigenvalue weighted by molar-refractivity contribution is 7.92. The maximum absolute atomic E-state index is 13.5. The summed E-state index contributed by atoms with van der Waals surface area (Å²) < 4.78 is 28.2. The SMILES string of the molecule is O=C(Nc1ccc2c(c1)N(S(=O)(=O)c1ccccc1)CCC2)C1(c2cccs2)CCCC1. The Morgan fingerprint density at radius 3 is 2.47 bits per heavy atom. The van der Waals surface area contributed by atoms with Crippen LogP contribution in [0, 0.1) is 0 Å². The predicted octanol–water partition coefficient (Wildman–Crippen LogP) is 5.34. The minimum atomic E-state index is -3.66. The zero-order chi connectivity index (χ0) is 22.2. The molecule has 1 saturated carbocycles. The first kappa shape index (κ1) is 21.2. The van der Waals surface area contributed by atoms with E-state index in [0.29, 0.717) is 17.9 Å². The number of sulfonamides is 1. The van der Waals surface area contributed by atoms with Gasteiger partial charge in [0.1, 0.15) is 0 Å². The third kappa shape index (κ3) is 3.63. The molecule has 5 nitrogen and oxygen atoms in total. The van der Waals surface area contributed by atoms with E-state index in [-0.39, 0.29) is 10.8 Å². The maximum Gasteiger partial charge on any atom is 0.264 e. The van der Waals surface area contributed by atoms with Crippen molar-refractivity contribution in [2.45, 2.75) is 48.8 Å². The van der Waals surface area contributed by atoms with Crippen LogP contribution < -0.4 is 9.62 Å². The Bertz CT molecular complexity index is 1220. The van der Waals surface area contributed by atoms with Crippen LogP contribution in [0.2, 0.25) is 0 Å². The number of amides is 1. The van der Waals surface area contributed by atoms with Gasteiger partial charge in [0.05, 0.1) is 16.0 Å². The minimum absolute atomic E-state index is 0.00526. The summed E-state index contributed by atoms with van der Waals surface area (Å²) >= 11 is 1.63. The van der Waals surface area contributed by atoms with Gasteiger partial charge in [0, 0.05) is 17.1 Å². The third-order valence-electron chi connectivity index (χ3n) is 6.63. The summed E-state index contributed by atoms with van der Waals surface area (Å²) in [4.78, 5) is 14.9. The van der Waals surface area contributed by atoms with Crippen LogP contribution in [0.4, 0.5) is 11.4 Å². The average Bonchev–Trinajstić information content (AvgIpc) is 3.52. The molecule has 1 aromatic heterocycles. The summed E-state index contributed by atoms with van der Waals surface area (Å²) in [5.74, 6) is 0.00526. The summed E-state index contributed by atoms with van der Waals surface area (Å²) in [7, 11) is -3.66. The van der Waals surface area contributed by atoms with Gasteiger partial charge in [0.2, 0.25) is 5.91 Å². The molecule has 2 aromatic carbocycles. The molecule has 32 heavy (non-hydrogen) atoms. The number of rotatable bonds is 5. The van der Waals surface area contributed by atoms with Crippen LogP contribution in [-0.4, -0.2) is 20.9 Å². The standard InChI is InChI=1S/C25H26N2O3S2/c28-24(25(14-4-5-15-25)23-11-7-17-31-23)26-20-13-12-19-8-6-16-27(22(19)18-20)32(29,30)21-9-2-1-3-10-21/h1-3,7,9-13,17-18H,4-6,8,14-16H2,(H,26,28). The molecule has 166 valence electrons. The van der Waals surface area contributed by atoms with Crippen LogP contribution in [0.5, 0.6) is 0 Å². The van der Waals surface area contributed by atoms with Gasteiger partial charge in [-0.15, -0.1) is 11.3 Å². The van der Waals surface area contributed by atoms with E-state index in [9.17, 15) is 13.2 Å². The summed E-state index contributed by atoms with van der Waals surface area (Å²) in [6.45, 7) is 0.431. The van der Waals surface area contributed by atoms with Crippen molar-refractivity contribution in [2.75, 3.05) is 16.2 Å². The van der Waals surface area contributed by atoms with Gasteiger partial charge < -0.3 is 5.32 Å². The number of nitrogens with one attached hydrogen (secondary N) is 1. The molecule has 1 amide bonds. The zero-order valence-electron chi connectivity index (χ0n) is 17.8. The van der Waals surface area contributed by atoms with Crippen molar-refractivity contribution in [3.05, 3.63) is 76.5 Å². The van der Waals surface area contributed by atoms with E-state index in [1.807, 2.05) is 35.7 Å². The molecular weight excluding hydrogens is 440 g/mol. The Labute approximate surface area is 193 Å². The van der Waals surface area contributed by atoms with Crippen molar-refractivity contribution in [3.8, 4) is 0 Å². The molecule has 0 atom stereocenters. The number of hydrogen-bond donors (Lipinski definition) is 1. The number of benzene rings is 2. The van der Waals surface area contributed by atoms with Gasteiger partial charge in [-0.25, -0.2) is 8.42 Å². The Balaban J connectivity index is 1.47. The second kappa shape index (κ2) is 8.37. The number of hydrogen-bond acceptors (Lipinski definition) is 4. The van der Waals surface area contributed by atoms with Crippen molar-refractivity contribution in [1.82, 2.24) is 0 Å². The largest absolute Gasteiger partial charge is 0.325 e. The lowest BCUT2D eigenvalue weighted by Crippen LogP contribution is -2.38. The van der Waals surface area contributed by atoms with Crippen molar-refractivity contribution in [2.24, 2.45) is 0 Å². The van der Waals surface area contributed by atoms with Crippen LogP contribution in [0.25, 0.3) is 0 Å². The molecule has 0 radical (unpaired) electrons. The third-order valence-corrected chi connectivity index (χ3v) is 9.54. The fraction of sp³-hybridized carbons (Fsp3) is 0.320. The highest BCUT2D eigenvalue weighted by atomic mass is 32.2. The van der Waals surface area contributed by atoms with Crippen LogP contribution >= 0.6 is 11.3 Å². The molecule has 7 heteroatoms. The van der Waals surface area contributed by atoms with Crippen molar-refractivity contribution >= 4 is 38.6 Å². The van der Waals surface area contributed by atoms with Gasteiger partial charge in [-0.3, -0.25) is 9.10 Å². The summed E-state index contributed by atoms with van der Waals surface area (Å²) in [5, 5.41) is 5.14. The highest BCUT2D eigenvalue weighted by Crippen LogP contribution is 2.44.